The van der Waals surface area contributed by atoms with Crippen LogP contribution in [0.5, 0.6) is 0 Å². The summed E-state index contributed by atoms with van der Waals surface area (Å²) in [4.78, 5) is 8.23. The van der Waals surface area contributed by atoms with Crippen LogP contribution < -0.4 is 9.96 Å². The minimum absolute atomic E-state index is 0.190. The van der Waals surface area contributed by atoms with Gasteiger partial charge in [-0.25, -0.2) is 5.06 Å². The van der Waals surface area contributed by atoms with Gasteiger partial charge in [-0.2, -0.15) is 0 Å². The van der Waals surface area contributed by atoms with Gasteiger partial charge < -0.3 is 14.5 Å². The molecule has 0 bridgehead atoms. The number of ether oxygens (including phenoxy) is 1. The Morgan fingerprint density at radius 2 is 1.88 bits per heavy atom. The van der Waals surface area contributed by atoms with Crippen molar-refractivity contribution in [3.8, 4) is 0 Å². The van der Waals surface area contributed by atoms with Crippen molar-refractivity contribution < 1.29 is 9.57 Å². The lowest BCUT2D eigenvalue weighted by molar-refractivity contribution is 0.0412. The third-order valence-electron chi connectivity index (χ3n) is 5.17. The number of hydrogen-bond donors (Lipinski definition) is 0. The van der Waals surface area contributed by atoms with E-state index in [1.54, 1.807) is 0 Å². The van der Waals surface area contributed by atoms with Gasteiger partial charge in [0.2, 0.25) is 0 Å². The lowest BCUT2D eigenvalue weighted by Gasteiger charge is -2.28. The van der Waals surface area contributed by atoms with Gasteiger partial charge in [-0.3, -0.25) is 0 Å². The van der Waals surface area contributed by atoms with Crippen LogP contribution in [0.25, 0.3) is 0 Å². The molecule has 0 radical (unpaired) electrons. The van der Waals surface area contributed by atoms with Gasteiger partial charge in [-0.1, -0.05) is 31.4 Å². The maximum atomic E-state index is 6.19. The molecule has 3 rings (SSSR count). The van der Waals surface area contributed by atoms with Crippen LogP contribution >= 0.6 is 0 Å². The molecule has 0 amide bonds. The fraction of sp³-hybridized carbons (Fsp3) is 0.600. The van der Waals surface area contributed by atoms with Gasteiger partial charge in [-0.05, 0) is 38.8 Å². The first-order valence-electron chi connectivity index (χ1n) is 9.12. The van der Waals surface area contributed by atoms with E-state index in [1.165, 1.54) is 37.7 Å². The summed E-state index contributed by atoms with van der Waals surface area (Å²) in [6, 6.07) is 8.55. The Hall–Kier alpha value is -1.68. The summed E-state index contributed by atoms with van der Waals surface area (Å²) in [5, 5.41) is 2.02. The van der Waals surface area contributed by atoms with Crippen molar-refractivity contribution in [1.82, 2.24) is 0 Å². The zero-order chi connectivity index (χ0) is 17.1. The molecule has 1 saturated carbocycles. The second-order valence-corrected chi connectivity index (χ2v) is 7.13. The Kier molecular flexibility index (Phi) is 5.34. The molecule has 0 saturated heterocycles. The van der Waals surface area contributed by atoms with E-state index >= 15 is 0 Å². The quantitative estimate of drug-likeness (QED) is 0.793. The fourth-order valence-corrected chi connectivity index (χ4v) is 3.67. The lowest BCUT2D eigenvalue weighted by atomic mass is 9.97. The summed E-state index contributed by atoms with van der Waals surface area (Å²) in [6.45, 7) is 4.93. The average molecular weight is 330 g/mol. The van der Waals surface area contributed by atoms with Gasteiger partial charge in [0.1, 0.15) is 5.76 Å². The van der Waals surface area contributed by atoms with E-state index in [9.17, 15) is 0 Å². The number of anilines is 2. The molecule has 0 aromatic heterocycles. The number of rotatable bonds is 5. The van der Waals surface area contributed by atoms with Crippen molar-refractivity contribution in [2.45, 2.75) is 58.1 Å². The molecule has 1 fully saturated rings. The van der Waals surface area contributed by atoms with Gasteiger partial charge in [0, 0.05) is 19.7 Å². The Morgan fingerprint density at radius 1 is 1.17 bits per heavy atom. The molecule has 2 aliphatic rings. The molecule has 1 aromatic rings. The van der Waals surface area contributed by atoms with Gasteiger partial charge in [0.25, 0.3) is 0 Å². The Bertz CT molecular complexity index is 591. The van der Waals surface area contributed by atoms with E-state index in [1.807, 2.05) is 12.0 Å². The highest BCUT2D eigenvalue weighted by molar-refractivity contribution is 5.71. The third-order valence-corrected chi connectivity index (χ3v) is 5.17. The molecule has 132 valence electrons. The van der Waals surface area contributed by atoms with Crippen LogP contribution in [-0.4, -0.2) is 32.8 Å². The molecule has 1 aliphatic heterocycles. The van der Waals surface area contributed by atoms with Crippen molar-refractivity contribution in [3.05, 3.63) is 35.6 Å². The zero-order valence-electron chi connectivity index (χ0n) is 15.4. The predicted molar refractivity (Wildman–Crippen MR) is 99.3 cm³/mol. The molecule has 24 heavy (non-hydrogen) atoms. The van der Waals surface area contributed by atoms with E-state index in [4.69, 9.17) is 9.57 Å². The molecule has 1 heterocycles. The normalized spacial score (nSPS) is 22.0. The van der Waals surface area contributed by atoms with E-state index < -0.39 is 0 Å². The second-order valence-electron chi connectivity index (χ2n) is 7.13. The SMILES string of the molecule is CC1=C(COC2CCCCC2)C(C)N(c2ccccc2N(C)C)O1. The van der Waals surface area contributed by atoms with Crippen molar-refractivity contribution >= 4 is 11.4 Å². The van der Waals surface area contributed by atoms with Crippen molar-refractivity contribution in [3.63, 3.8) is 0 Å². The van der Waals surface area contributed by atoms with E-state index in [0.717, 1.165) is 17.1 Å². The molecule has 1 aromatic carbocycles. The Labute approximate surface area is 146 Å². The molecule has 0 spiro atoms. The van der Waals surface area contributed by atoms with Crippen molar-refractivity contribution in [2.24, 2.45) is 0 Å². The summed E-state index contributed by atoms with van der Waals surface area (Å²) in [7, 11) is 4.12. The van der Waals surface area contributed by atoms with Crippen LogP contribution in [0.15, 0.2) is 35.6 Å². The monoisotopic (exact) mass is 330 g/mol. The standard InChI is InChI=1S/C20H30N2O2/c1-15-18(14-23-17-10-6-5-7-11-17)16(2)24-22(15)20-13-9-8-12-19(20)21(3)4/h8-9,12-13,15,17H,5-7,10-11,14H2,1-4H3. The van der Waals surface area contributed by atoms with Gasteiger partial charge in [-0.15, -0.1) is 0 Å². The van der Waals surface area contributed by atoms with Crippen LogP contribution in [0.2, 0.25) is 0 Å². The molecule has 1 atom stereocenters. The highest BCUT2D eigenvalue weighted by Gasteiger charge is 2.32. The predicted octanol–water partition coefficient (Wildman–Crippen LogP) is 4.52. The number of benzene rings is 1. The molecule has 1 aliphatic carbocycles. The number of para-hydroxylation sites is 2. The van der Waals surface area contributed by atoms with Crippen molar-refractivity contribution in [2.75, 3.05) is 30.7 Å². The molecule has 4 heteroatoms. The number of hydrogen-bond acceptors (Lipinski definition) is 4. The minimum Gasteiger partial charge on any atom is -0.384 e. The van der Waals surface area contributed by atoms with Crippen LogP contribution in [0.4, 0.5) is 11.4 Å². The Morgan fingerprint density at radius 3 is 2.58 bits per heavy atom. The average Bonchev–Trinajstić information content (AvgIpc) is 2.88. The number of allylic oxidation sites excluding steroid dienone is 1. The summed E-state index contributed by atoms with van der Waals surface area (Å²) in [5.74, 6) is 0.979. The van der Waals surface area contributed by atoms with Crippen LogP contribution in [0.1, 0.15) is 46.0 Å². The summed E-state index contributed by atoms with van der Waals surface area (Å²) >= 11 is 0. The molecular weight excluding hydrogens is 300 g/mol. The maximum absolute atomic E-state index is 6.19. The first-order chi connectivity index (χ1) is 11.6. The van der Waals surface area contributed by atoms with Gasteiger partial charge >= 0.3 is 0 Å². The fourth-order valence-electron chi connectivity index (χ4n) is 3.67. The second kappa shape index (κ2) is 7.47. The topological polar surface area (TPSA) is 24.9 Å². The Balaban J connectivity index is 1.69. The largest absolute Gasteiger partial charge is 0.384 e. The van der Waals surface area contributed by atoms with E-state index in [-0.39, 0.29) is 6.04 Å². The third kappa shape index (κ3) is 3.54. The summed E-state index contributed by atoms with van der Waals surface area (Å²) in [5.41, 5.74) is 3.52. The van der Waals surface area contributed by atoms with Gasteiger partial charge in [0.05, 0.1) is 30.1 Å². The van der Waals surface area contributed by atoms with Crippen LogP contribution in [0.3, 0.4) is 0 Å². The maximum Gasteiger partial charge on any atom is 0.133 e. The van der Waals surface area contributed by atoms with Crippen LogP contribution in [-0.2, 0) is 9.57 Å². The highest BCUT2D eigenvalue weighted by Crippen LogP contribution is 2.37. The smallest absolute Gasteiger partial charge is 0.133 e. The molecular formula is C20H30N2O2. The first-order valence-corrected chi connectivity index (χ1v) is 9.12. The number of hydroxylamine groups is 1. The summed E-state index contributed by atoms with van der Waals surface area (Å²) in [6.07, 6.45) is 6.79. The zero-order valence-corrected chi connectivity index (χ0v) is 15.4. The molecule has 0 N–H and O–H groups in total. The highest BCUT2D eigenvalue weighted by atomic mass is 16.7. The lowest BCUT2D eigenvalue weighted by Crippen LogP contribution is -2.31. The minimum atomic E-state index is 0.190. The van der Waals surface area contributed by atoms with Gasteiger partial charge in [0.15, 0.2) is 0 Å². The molecule has 4 nitrogen and oxygen atoms in total. The number of nitrogens with zero attached hydrogens (tertiary/aromatic N) is 2. The van der Waals surface area contributed by atoms with Crippen LogP contribution in [0, 0.1) is 0 Å². The summed E-state index contributed by atoms with van der Waals surface area (Å²) < 4.78 is 6.19. The molecule has 1 unspecified atom stereocenters. The van der Waals surface area contributed by atoms with Crippen molar-refractivity contribution in [1.29, 1.82) is 0 Å². The van der Waals surface area contributed by atoms with E-state index in [0.29, 0.717) is 12.7 Å². The first kappa shape index (κ1) is 17.2. The van der Waals surface area contributed by atoms with E-state index in [2.05, 4.69) is 50.2 Å².